The van der Waals surface area contributed by atoms with Crippen molar-refractivity contribution in [2.75, 3.05) is 26.7 Å². The van der Waals surface area contributed by atoms with Crippen LogP contribution in [0.1, 0.15) is 79.6 Å². The summed E-state index contributed by atoms with van der Waals surface area (Å²) in [5.41, 5.74) is -1.19. The first-order valence-corrected chi connectivity index (χ1v) is 14.9. The van der Waals surface area contributed by atoms with Gasteiger partial charge in [-0.3, -0.25) is 14.9 Å². The SMILES string of the molecule is C/C=C/C[C@]1(C)C[C@@H](OC(=O)NC(=O)[C@H]2CN3CC[C@@H]2C3)[C@@]2(C)C3C(OC)CCC3(CC[C@H]2C)[C@@H](C)C1=O. The van der Waals surface area contributed by atoms with E-state index in [-0.39, 0.29) is 52.3 Å². The highest BCUT2D eigenvalue weighted by Gasteiger charge is 2.68. The highest BCUT2D eigenvalue weighted by Crippen LogP contribution is 2.68. The molecule has 7 nitrogen and oxygen atoms in total. The van der Waals surface area contributed by atoms with Crippen molar-refractivity contribution >= 4 is 17.8 Å². The molecule has 0 radical (unpaired) electrons. The number of piperidine rings is 1. The number of ether oxygens (including phenoxy) is 2. The summed E-state index contributed by atoms with van der Waals surface area (Å²) in [4.78, 5) is 43.1. The van der Waals surface area contributed by atoms with Crippen LogP contribution in [0, 0.1) is 45.8 Å². The molecule has 4 unspecified atom stereocenters. The molecule has 2 amide bonds. The number of alkyl carbamates (subject to hydrolysis) is 1. The number of allylic oxidation sites excluding steroid dienone is 2. The summed E-state index contributed by atoms with van der Waals surface area (Å²) in [6.07, 6.45) is 8.88. The summed E-state index contributed by atoms with van der Waals surface area (Å²) in [5, 5.41) is 2.61. The van der Waals surface area contributed by atoms with Crippen LogP contribution in [0.5, 0.6) is 0 Å². The van der Waals surface area contributed by atoms with E-state index in [0.717, 1.165) is 51.7 Å². The Bertz CT molecular complexity index is 997. The lowest BCUT2D eigenvalue weighted by molar-refractivity contribution is -0.191. The van der Waals surface area contributed by atoms with Gasteiger partial charge in [-0.25, -0.2) is 4.79 Å². The average Bonchev–Trinajstić information content (AvgIpc) is 3.63. The number of nitrogens with one attached hydrogen (secondary N) is 1. The Hall–Kier alpha value is -1.73. The van der Waals surface area contributed by atoms with E-state index >= 15 is 0 Å². The number of Topliss-reactive ketones (excluding diaryl/α,β-unsaturated/α-hetero) is 1. The van der Waals surface area contributed by atoms with Crippen molar-refractivity contribution in [1.29, 1.82) is 0 Å². The van der Waals surface area contributed by atoms with Crippen LogP contribution in [-0.2, 0) is 19.1 Å². The molecule has 2 saturated heterocycles. The number of imide groups is 1. The van der Waals surface area contributed by atoms with Gasteiger partial charge >= 0.3 is 6.09 Å². The molecule has 38 heavy (non-hydrogen) atoms. The maximum Gasteiger partial charge on any atom is 0.414 e. The van der Waals surface area contributed by atoms with Gasteiger partial charge in [-0.1, -0.05) is 39.8 Å². The zero-order chi connectivity index (χ0) is 27.5. The highest BCUT2D eigenvalue weighted by atomic mass is 16.6. The summed E-state index contributed by atoms with van der Waals surface area (Å²) >= 11 is 0. The van der Waals surface area contributed by atoms with E-state index in [4.69, 9.17) is 9.47 Å². The highest BCUT2D eigenvalue weighted by molar-refractivity contribution is 5.93. The third kappa shape index (κ3) is 4.18. The molecule has 11 atom stereocenters. The van der Waals surface area contributed by atoms with Gasteiger partial charge in [0.05, 0.1) is 12.0 Å². The number of carbonyl (C=O) groups is 3. The third-order valence-electron chi connectivity index (χ3n) is 12.1. The summed E-state index contributed by atoms with van der Waals surface area (Å²) in [7, 11) is 1.78. The maximum absolute atomic E-state index is 14.3. The van der Waals surface area contributed by atoms with E-state index in [1.807, 2.05) is 13.0 Å². The van der Waals surface area contributed by atoms with Crippen LogP contribution >= 0.6 is 0 Å². The molecule has 3 aliphatic carbocycles. The van der Waals surface area contributed by atoms with Crippen LogP contribution in [0.3, 0.4) is 0 Å². The predicted molar refractivity (Wildman–Crippen MR) is 145 cm³/mol. The van der Waals surface area contributed by atoms with Crippen LogP contribution in [0.25, 0.3) is 0 Å². The van der Waals surface area contributed by atoms with Crippen molar-refractivity contribution in [3.63, 3.8) is 0 Å². The van der Waals surface area contributed by atoms with Gasteiger partial charge in [0, 0.05) is 42.9 Å². The average molecular weight is 529 g/mol. The van der Waals surface area contributed by atoms with Gasteiger partial charge in [-0.15, -0.1) is 0 Å². The molecular formula is C31H48N2O5. The van der Waals surface area contributed by atoms with Gasteiger partial charge in [0.25, 0.3) is 0 Å². The van der Waals surface area contributed by atoms with Crippen LogP contribution in [0.2, 0.25) is 0 Å². The summed E-state index contributed by atoms with van der Waals surface area (Å²) in [6, 6.07) is 0. The fraction of sp³-hybridized carbons (Fsp3) is 0.839. The Morgan fingerprint density at radius 1 is 1.13 bits per heavy atom. The van der Waals surface area contributed by atoms with Gasteiger partial charge < -0.3 is 14.4 Å². The van der Waals surface area contributed by atoms with Crippen molar-refractivity contribution in [2.45, 2.75) is 91.8 Å². The largest absolute Gasteiger partial charge is 0.445 e. The first kappa shape index (κ1) is 27.8. The van der Waals surface area contributed by atoms with Crippen molar-refractivity contribution in [2.24, 2.45) is 45.8 Å². The molecule has 5 fully saturated rings. The Labute approximate surface area is 228 Å². The number of carbonyl (C=O) groups excluding carboxylic acids is 3. The van der Waals surface area contributed by atoms with E-state index < -0.39 is 17.6 Å². The first-order valence-electron chi connectivity index (χ1n) is 14.9. The summed E-state index contributed by atoms with van der Waals surface area (Å²) < 4.78 is 12.4. The minimum atomic E-state index is -0.663. The number of hydrogen-bond acceptors (Lipinski definition) is 6. The molecule has 4 bridgehead atoms. The van der Waals surface area contributed by atoms with Crippen LogP contribution in [0.4, 0.5) is 4.79 Å². The molecular weight excluding hydrogens is 480 g/mol. The molecule has 5 rings (SSSR count). The Morgan fingerprint density at radius 3 is 2.50 bits per heavy atom. The number of methoxy groups -OCH3 is 1. The van der Waals surface area contributed by atoms with Crippen molar-refractivity contribution < 1.29 is 23.9 Å². The number of hydrogen-bond donors (Lipinski definition) is 1. The van der Waals surface area contributed by atoms with Gasteiger partial charge in [-0.05, 0) is 75.7 Å². The third-order valence-corrected chi connectivity index (χ3v) is 12.1. The number of nitrogens with zero attached hydrogens (tertiary/aromatic N) is 1. The molecule has 2 heterocycles. The maximum atomic E-state index is 14.3. The molecule has 0 spiro atoms. The van der Waals surface area contributed by atoms with E-state index in [0.29, 0.717) is 18.8 Å². The quantitative estimate of drug-likeness (QED) is 0.506. The van der Waals surface area contributed by atoms with Crippen molar-refractivity contribution in [3.05, 3.63) is 12.2 Å². The second-order valence-electron chi connectivity index (χ2n) is 13.8. The minimum absolute atomic E-state index is 0.0248. The minimum Gasteiger partial charge on any atom is -0.445 e. The van der Waals surface area contributed by atoms with Crippen LogP contribution < -0.4 is 5.32 Å². The van der Waals surface area contributed by atoms with Gasteiger partial charge in [0.1, 0.15) is 11.9 Å². The van der Waals surface area contributed by atoms with E-state index in [1.165, 1.54) is 0 Å². The second kappa shape index (κ2) is 10.0. The fourth-order valence-electron chi connectivity index (χ4n) is 9.66. The summed E-state index contributed by atoms with van der Waals surface area (Å²) in [6.45, 7) is 13.4. The smallest absolute Gasteiger partial charge is 0.414 e. The van der Waals surface area contributed by atoms with E-state index in [2.05, 4.69) is 44.0 Å². The monoisotopic (exact) mass is 528 g/mol. The van der Waals surface area contributed by atoms with Gasteiger partial charge in [0.15, 0.2) is 0 Å². The Morgan fingerprint density at radius 2 is 1.87 bits per heavy atom. The molecule has 0 aromatic heterocycles. The normalized spacial score (nSPS) is 48.0. The predicted octanol–water partition coefficient (Wildman–Crippen LogP) is 4.99. The second-order valence-corrected chi connectivity index (χ2v) is 13.8. The standard InChI is InChI=1S/C31H48N2O5/c1-7-8-12-29(4)16-24(38-28(36)32-27(35)22-18-33-15-11-21(22)17-33)30(5)19(2)9-13-31(20(3)26(29)34)14-10-23(37-6)25(30)31/h7-8,19-25H,9-18H2,1-6H3,(H,32,35,36)/b8-7+/t19-,20+,21-,22+,23?,24-,25?,29-,30+,31?/m1/s1. The molecule has 1 N–H and O–H groups in total. The number of rotatable bonds is 5. The van der Waals surface area contributed by atoms with Crippen LogP contribution in [0.15, 0.2) is 12.2 Å². The summed E-state index contributed by atoms with van der Waals surface area (Å²) in [5.74, 6) is 0.538. The fourth-order valence-corrected chi connectivity index (χ4v) is 9.66. The number of amides is 2. The zero-order valence-corrected chi connectivity index (χ0v) is 24.3. The van der Waals surface area contributed by atoms with E-state index in [9.17, 15) is 14.4 Å². The van der Waals surface area contributed by atoms with Crippen LogP contribution in [-0.4, -0.2) is 61.6 Å². The molecule has 0 aromatic carbocycles. The van der Waals surface area contributed by atoms with Crippen molar-refractivity contribution in [3.8, 4) is 0 Å². The topological polar surface area (TPSA) is 84.9 Å². The Kier molecular flexibility index (Phi) is 7.34. The van der Waals surface area contributed by atoms with Crippen molar-refractivity contribution in [1.82, 2.24) is 10.2 Å². The molecule has 5 aliphatic rings. The van der Waals surface area contributed by atoms with Gasteiger partial charge in [-0.2, -0.15) is 0 Å². The first-order chi connectivity index (χ1) is 18.0. The number of fused-ring (bicyclic) bond motifs is 2. The molecule has 7 heteroatoms. The number of ketones is 1. The molecule has 2 aliphatic heterocycles. The zero-order valence-electron chi connectivity index (χ0n) is 24.3. The molecule has 0 aromatic rings. The van der Waals surface area contributed by atoms with Gasteiger partial charge in [0.2, 0.25) is 5.91 Å². The lowest BCUT2D eigenvalue weighted by Gasteiger charge is -2.61. The Balaban J connectivity index is 1.49. The molecule has 3 saturated carbocycles. The van der Waals surface area contributed by atoms with E-state index in [1.54, 1.807) is 7.11 Å². The lowest BCUT2D eigenvalue weighted by Crippen LogP contribution is -2.63. The lowest BCUT2D eigenvalue weighted by atomic mass is 9.43. The molecule has 212 valence electrons.